The van der Waals surface area contributed by atoms with Gasteiger partial charge in [0.2, 0.25) is 5.28 Å². The van der Waals surface area contributed by atoms with Gasteiger partial charge in [-0.15, -0.1) is 0 Å². The minimum atomic E-state index is -4.59. The number of aliphatic hydroxyl groups excluding tert-OH is 1. The molecule has 4 nitrogen and oxygen atoms in total. The molecule has 0 aliphatic rings. The molecule has 0 saturated heterocycles. The number of nitrogens with zero attached hydrogens (tertiary/aromatic N) is 2. The molecule has 1 atom stereocenters. The Kier molecular flexibility index (Phi) is 4.75. The van der Waals surface area contributed by atoms with E-state index in [1.165, 1.54) is 0 Å². The van der Waals surface area contributed by atoms with Crippen LogP contribution in [0.25, 0.3) is 0 Å². The van der Waals surface area contributed by atoms with Gasteiger partial charge in [0.25, 0.3) is 0 Å². The topological polar surface area (TPSA) is 58.0 Å². The number of aromatic nitrogens is 2. The van der Waals surface area contributed by atoms with Gasteiger partial charge in [0.1, 0.15) is 5.82 Å². The van der Waals surface area contributed by atoms with Gasteiger partial charge in [0.05, 0.1) is 12.6 Å². The van der Waals surface area contributed by atoms with Crippen LogP contribution >= 0.6 is 11.6 Å². The first-order valence-corrected chi connectivity index (χ1v) is 5.61. The second-order valence-corrected chi connectivity index (χ2v) is 4.42. The van der Waals surface area contributed by atoms with Crippen LogP contribution in [-0.4, -0.2) is 27.7 Å². The zero-order valence-corrected chi connectivity index (χ0v) is 10.5. The van der Waals surface area contributed by atoms with E-state index in [2.05, 4.69) is 15.3 Å². The summed E-state index contributed by atoms with van der Waals surface area (Å²) in [5.41, 5.74) is -1.12. The molecule has 0 saturated carbocycles. The van der Waals surface area contributed by atoms with Crippen molar-refractivity contribution in [1.29, 1.82) is 0 Å². The summed E-state index contributed by atoms with van der Waals surface area (Å²) in [6.07, 6.45) is -4.59. The SMILES string of the molecule is CC(C)[C@@H](CO)Nc1cc(C(F)(F)F)nc(Cl)n1. The highest BCUT2D eigenvalue weighted by Crippen LogP contribution is 2.29. The minimum Gasteiger partial charge on any atom is -0.394 e. The lowest BCUT2D eigenvalue weighted by Gasteiger charge is -2.20. The second kappa shape index (κ2) is 5.71. The van der Waals surface area contributed by atoms with Gasteiger partial charge < -0.3 is 10.4 Å². The molecule has 0 radical (unpaired) electrons. The maximum absolute atomic E-state index is 12.5. The molecule has 0 aromatic carbocycles. The van der Waals surface area contributed by atoms with Crippen LogP contribution in [0, 0.1) is 5.92 Å². The van der Waals surface area contributed by atoms with Crippen LogP contribution in [0.5, 0.6) is 0 Å². The predicted octanol–water partition coefficient (Wildman–Crippen LogP) is 2.58. The highest BCUT2D eigenvalue weighted by atomic mass is 35.5. The van der Waals surface area contributed by atoms with E-state index in [0.717, 1.165) is 6.07 Å². The minimum absolute atomic E-state index is 0.0260. The van der Waals surface area contributed by atoms with Crippen LogP contribution < -0.4 is 5.32 Å². The van der Waals surface area contributed by atoms with Gasteiger partial charge in [0.15, 0.2) is 5.69 Å². The Morgan fingerprint density at radius 2 is 2.00 bits per heavy atom. The van der Waals surface area contributed by atoms with E-state index in [-0.39, 0.29) is 18.3 Å². The molecule has 0 aliphatic carbocycles. The van der Waals surface area contributed by atoms with Crippen molar-refractivity contribution in [2.24, 2.45) is 5.92 Å². The van der Waals surface area contributed by atoms with Gasteiger partial charge in [-0.1, -0.05) is 13.8 Å². The molecular formula is C10H13ClF3N3O. The summed E-state index contributed by atoms with van der Waals surface area (Å²) in [4.78, 5) is 6.76. The average molecular weight is 284 g/mol. The fourth-order valence-corrected chi connectivity index (χ4v) is 1.43. The first-order chi connectivity index (χ1) is 8.24. The monoisotopic (exact) mass is 283 g/mol. The summed E-state index contributed by atoms with van der Waals surface area (Å²) >= 11 is 5.44. The number of halogens is 4. The lowest BCUT2D eigenvalue weighted by atomic mass is 10.1. The standard InChI is InChI=1S/C10H13ClF3N3O/c1-5(2)6(4-18)15-8-3-7(10(12,13)14)16-9(11)17-8/h3,5-6,18H,4H2,1-2H3,(H,15,16,17)/t6-/m1/s1. The van der Waals surface area contributed by atoms with Crippen molar-refractivity contribution in [3.63, 3.8) is 0 Å². The van der Waals surface area contributed by atoms with E-state index in [9.17, 15) is 13.2 Å². The van der Waals surface area contributed by atoms with Crippen LogP contribution in [0.15, 0.2) is 6.07 Å². The number of anilines is 1. The van der Waals surface area contributed by atoms with Gasteiger partial charge in [-0.25, -0.2) is 9.97 Å². The second-order valence-electron chi connectivity index (χ2n) is 4.08. The van der Waals surface area contributed by atoms with E-state index in [1.54, 1.807) is 0 Å². The normalized spacial score (nSPS) is 13.8. The Hall–Kier alpha value is -1.08. The zero-order valence-electron chi connectivity index (χ0n) is 9.79. The maximum Gasteiger partial charge on any atom is 0.433 e. The molecule has 0 fully saturated rings. The van der Waals surface area contributed by atoms with Crippen molar-refractivity contribution in [2.45, 2.75) is 26.1 Å². The Bertz CT molecular complexity index is 412. The van der Waals surface area contributed by atoms with Gasteiger partial charge in [-0.05, 0) is 17.5 Å². The lowest BCUT2D eigenvalue weighted by Crippen LogP contribution is -2.30. The Morgan fingerprint density at radius 1 is 1.39 bits per heavy atom. The van der Waals surface area contributed by atoms with Gasteiger partial charge in [-0.3, -0.25) is 0 Å². The maximum atomic E-state index is 12.5. The predicted molar refractivity (Wildman–Crippen MR) is 61.4 cm³/mol. The molecule has 1 heterocycles. The first-order valence-electron chi connectivity index (χ1n) is 5.23. The highest BCUT2D eigenvalue weighted by Gasteiger charge is 2.33. The molecule has 1 aromatic heterocycles. The molecule has 1 rings (SSSR count). The summed E-state index contributed by atoms with van der Waals surface area (Å²) in [7, 11) is 0. The molecule has 102 valence electrons. The smallest absolute Gasteiger partial charge is 0.394 e. The van der Waals surface area contributed by atoms with Crippen molar-refractivity contribution in [2.75, 3.05) is 11.9 Å². The van der Waals surface area contributed by atoms with Crippen molar-refractivity contribution < 1.29 is 18.3 Å². The number of rotatable bonds is 4. The Labute approximate surface area is 107 Å². The number of nitrogens with one attached hydrogen (secondary N) is 1. The van der Waals surface area contributed by atoms with Crippen molar-refractivity contribution in [3.8, 4) is 0 Å². The van der Waals surface area contributed by atoms with Crippen LogP contribution in [0.2, 0.25) is 5.28 Å². The summed E-state index contributed by atoms with van der Waals surface area (Å²) in [6, 6.07) is 0.355. The van der Waals surface area contributed by atoms with Gasteiger partial charge in [0, 0.05) is 6.07 Å². The van der Waals surface area contributed by atoms with E-state index >= 15 is 0 Å². The zero-order chi connectivity index (χ0) is 13.9. The van der Waals surface area contributed by atoms with Crippen LogP contribution in [-0.2, 0) is 6.18 Å². The van der Waals surface area contributed by atoms with E-state index < -0.39 is 23.2 Å². The Balaban J connectivity index is 3.00. The van der Waals surface area contributed by atoms with Crippen molar-refractivity contribution in [3.05, 3.63) is 17.0 Å². The third-order valence-electron chi connectivity index (χ3n) is 2.32. The molecule has 8 heteroatoms. The van der Waals surface area contributed by atoms with E-state index in [0.29, 0.717) is 0 Å². The molecule has 2 N–H and O–H groups in total. The van der Waals surface area contributed by atoms with E-state index in [1.807, 2.05) is 13.8 Å². The van der Waals surface area contributed by atoms with Crippen LogP contribution in [0.4, 0.5) is 19.0 Å². The molecule has 0 amide bonds. The van der Waals surface area contributed by atoms with Gasteiger partial charge >= 0.3 is 6.18 Å². The van der Waals surface area contributed by atoms with Crippen molar-refractivity contribution >= 4 is 17.4 Å². The number of aliphatic hydroxyl groups is 1. The summed E-state index contributed by atoms with van der Waals surface area (Å²) < 4.78 is 37.5. The average Bonchev–Trinajstić information content (AvgIpc) is 2.23. The third-order valence-corrected chi connectivity index (χ3v) is 2.49. The molecular weight excluding hydrogens is 271 g/mol. The summed E-state index contributed by atoms with van der Waals surface area (Å²) in [5, 5.41) is 11.3. The fourth-order valence-electron chi connectivity index (χ4n) is 1.25. The lowest BCUT2D eigenvalue weighted by molar-refractivity contribution is -0.141. The summed E-state index contributed by atoms with van der Waals surface area (Å²) in [6.45, 7) is 3.42. The summed E-state index contributed by atoms with van der Waals surface area (Å²) in [5.74, 6) is -0.0341. The molecule has 0 aliphatic heterocycles. The fraction of sp³-hybridized carbons (Fsp3) is 0.600. The number of hydrogen-bond donors (Lipinski definition) is 2. The third kappa shape index (κ3) is 3.99. The molecule has 0 spiro atoms. The van der Waals surface area contributed by atoms with Crippen molar-refractivity contribution in [1.82, 2.24) is 9.97 Å². The largest absolute Gasteiger partial charge is 0.433 e. The number of alkyl halides is 3. The molecule has 18 heavy (non-hydrogen) atoms. The molecule has 0 bridgehead atoms. The first kappa shape index (κ1) is 15.0. The quantitative estimate of drug-likeness (QED) is 0.834. The Morgan fingerprint density at radius 3 is 2.44 bits per heavy atom. The molecule has 0 unspecified atom stereocenters. The number of hydrogen-bond acceptors (Lipinski definition) is 4. The van der Waals surface area contributed by atoms with E-state index in [4.69, 9.17) is 16.7 Å². The van der Waals surface area contributed by atoms with Gasteiger partial charge in [-0.2, -0.15) is 13.2 Å². The van der Waals surface area contributed by atoms with Crippen LogP contribution in [0.1, 0.15) is 19.5 Å². The highest BCUT2D eigenvalue weighted by molar-refractivity contribution is 6.28. The van der Waals surface area contributed by atoms with Crippen LogP contribution in [0.3, 0.4) is 0 Å². The molecule has 1 aromatic rings.